The second-order valence-corrected chi connectivity index (χ2v) is 11.6. The lowest BCUT2D eigenvalue weighted by Gasteiger charge is -2.22. The van der Waals surface area contributed by atoms with Crippen LogP contribution in [0, 0.1) is 0 Å². The van der Waals surface area contributed by atoms with Crippen molar-refractivity contribution in [2.24, 2.45) is 0 Å². The van der Waals surface area contributed by atoms with Gasteiger partial charge in [-0.15, -0.1) is 0 Å². The third-order valence-electron chi connectivity index (χ3n) is 7.36. The highest BCUT2D eigenvalue weighted by Gasteiger charge is 2.36. The first-order valence-corrected chi connectivity index (χ1v) is 14.1. The molecule has 188 valence electrons. The molecule has 3 aliphatic rings. The number of carbonyl (C=O) groups excluding carboxylic acids is 2. The molecule has 7 nitrogen and oxygen atoms in total. The fourth-order valence-electron chi connectivity index (χ4n) is 5.50. The van der Waals surface area contributed by atoms with Crippen LogP contribution < -0.4 is 10.6 Å². The van der Waals surface area contributed by atoms with Crippen molar-refractivity contribution in [2.45, 2.75) is 83.1 Å². The monoisotopic (exact) mass is 523 g/mol. The zero-order chi connectivity index (χ0) is 24.8. The molecule has 2 aromatic heterocycles. The van der Waals surface area contributed by atoms with Crippen LogP contribution in [0.3, 0.4) is 0 Å². The molecule has 2 fully saturated rings. The Morgan fingerprint density at radius 3 is 2.67 bits per heavy atom. The van der Waals surface area contributed by atoms with E-state index >= 15 is 0 Å². The van der Waals surface area contributed by atoms with E-state index in [1.807, 2.05) is 22.9 Å². The van der Waals surface area contributed by atoms with Gasteiger partial charge in [0.15, 0.2) is 5.13 Å². The van der Waals surface area contributed by atoms with Gasteiger partial charge >= 0.3 is 0 Å². The third kappa shape index (κ3) is 4.68. The molecule has 6 rings (SSSR count). The van der Waals surface area contributed by atoms with E-state index in [9.17, 15) is 9.59 Å². The molecule has 0 bridgehead atoms. The topological polar surface area (TPSA) is 88.9 Å². The minimum Gasteiger partial charge on any atom is -0.353 e. The van der Waals surface area contributed by atoms with Gasteiger partial charge in [0.2, 0.25) is 11.8 Å². The van der Waals surface area contributed by atoms with Gasteiger partial charge in [-0.25, -0.2) is 9.67 Å². The fraction of sp³-hybridized carbons (Fsp3) is 0.481. The third-order valence-corrected chi connectivity index (χ3v) is 8.68. The number of halogens is 1. The molecule has 0 atom stereocenters. The van der Waals surface area contributed by atoms with Crippen molar-refractivity contribution in [3.63, 3.8) is 0 Å². The number of hydrogen-bond acceptors (Lipinski definition) is 5. The number of carbonyl (C=O) groups is 2. The minimum atomic E-state index is -0.125. The van der Waals surface area contributed by atoms with Crippen LogP contribution >= 0.6 is 22.9 Å². The highest BCUT2D eigenvalue weighted by molar-refractivity contribution is 7.19. The summed E-state index contributed by atoms with van der Waals surface area (Å²) in [5, 5.41) is 12.3. The fourth-order valence-corrected chi connectivity index (χ4v) is 6.90. The van der Waals surface area contributed by atoms with Crippen LogP contribution in [0.15, 0.2) is 18.2 Å². The summed E-state index contributed by atoms with van der Waals surface area (Å²) < 4.78 is 1.96. The van der Waals surface area contributed by atoms with Gasteiger partial charge in [-0.2, -0.15) is 5.10 Å². The molecular formula is C27H30ClN5O2S. The molecule has 0 radical (unpaired) electrons. The van der Waals surface area contributed by atoms with Crippen molar-refractivity contribution in [1.82, 2.24) is 20.1 Å². The van der Waals surface area contributed by atoms with Crippen molar-refractivity contribution in [2.75, 3.05) is 5.32 Å². The Labute approximate surface area is 219 Å². The van der Waals surface area contributed by atoms with Crippen LogP contribution in [-0.2, 0) is 28.9 Å². The zero-order valence-electron chi connectivity index (χ0n) is 20.4. The lowest BCUT2D eigenvalue weighted by atomic mass is 9.95. The molecule has 2 amide bonds. The summed E-state index contributed by atoms with van der Waals surface area (Å²) in [5.74, 6) is 0.434. The summed E-state index contributed by atoms with van der Waals surface area (Å²) in [4.78, 5) is 30.0. The van der Waals surface area contributed by atoms with Crippen LogP contribution in [0.25, 0.3) is 16.3 Å². The Balaban J connectivity index is 1.31. The predicted octanol–water partition coefficient (Wildman–Crippen LogP) is 5.58. The van der Waals surface area contributed by atoms with Crippen molar-refractivity contribution < 1.29 is 9.59 Å². The number of benzene rings is 1. The summed E-state index contributed by atoms with van der Waals surface area (Å²) in [6.45, 7) is 1.50. The highest BCUT2D eigenvalue weighted by atomic mass is 35.5. The molecule has 0 unspecified atom stereocenters. The second-order valence-electron chi connectivity index (χ2n) is 10.2. The maximum absolute atomic E-state index is 12.6. The summed E-state index contributed by atoms with van der Waals surface area (Å²) in [6.07, 6.45) is 10.2. The molecular weight excluding hydrogens is 494 g/mol. The summed E-state index contributed by atoms with van der Waals surface area (Å²) >= 11 is 8.32. The summed E-state index contributed by atoms with van der Waals surface area (Å²) in [7, 11) is 0. The first-order chi connectivity index (χ1) is 17.5. The van der Waals surface area contributed by atoms with Crippen molar-refractivity contribution in [3.8, 4) is 16.3 Å². The molecule has 9 heteroatoms. The smallest absolute Gasteiger partial charge is 0.224 e. The number of rotatable bonds is 6. The van der Waals surface area contributed by atoms with Gasteiger partial charge in [-0.05, 0) is 56.2 Å². The number of fused-ring (bicyclic) bond motifs is 3. The average molecular weight is 524 g/mol. The normalized spacial score (nSPS) is 17.4. The van der Waals surface area contributed by atoms with E-state index in [2.05, 4.69) is 15.6 Å². The number of hydrogen-bond donors (Lipinski definition) is 2. The maximum atomic E-state index is 12.6. The largest absolute Gasteiger partial charge is 0.353 e. The first-order valence-electron chi connectivity index (χ1n) is 12.9. The molecule has 3 aromatic rings. The van der Waals surface area contributed by atoms with Crippen molar-refractivity contribution >= 4 is 39.9 Å². The van der Waals surface area contributed by atoms with E-state index in [1.54, 1.807) is 0 Å². The van der Waals surface area contributed by atoms with Gasteiger partial charge in [0, 0.05) is 24.4 Å². The Bertz CT molecular complexity index is 1340. The van der Waals surface area contributed by atoms with E-state index in [0.29, 0.717) is 28.5 Å². The van der Waals surface area contributed by atoms with Crippen LogP contribution in [0.2, 0.25) is 5.02 Å². The number of thiazole rings is 1. The van der Waals surface area contributed by atoms with E-state index in [1.165, 1.54) is 55.9 Å². The summed E-state index contributed by atoms with van der Waals surface area (Å²) in [5.41, 5.74) is 6.17. The lowest BCUT2D eigenvalue weighted by Crippen LogP contribution is -2.37. The van der Waals surface area contributed by atoms with E-state index < -0.39 is 0 Å². The number of aryl methyl sites for hydroxylation is 1. The standard InChI is InChI=1S/C27H30ClN5O2S/c1-15(34)29-27-31-21-11-10-19-24(17-8-9-17)32-33(25(19)26(21)36-27)22-12-7-16(13-20(22)28)14-23(35)30-18-5-3-2-4-6-18/h7,12-13,17-18H,2-6,8-11,14H2,1H3,(H,30,35)(H,29,31,34). The SMILES string of the molecule is CC(=O)Nc1nc2c(s1)-c1c(c(C3CC3)nn1-c1ccc(CC(=O)NC3CCCCC3)cc1Cl)CC2. The van der Waals surface area contributed by atoms with Crippen LogP contribution in [0.1, 0.15) is 80.3 Å². The van der Waals surface area contributed by atoms with E-state index in [0.717, 1.165) is 58.9 Å². The molecule has 2 saturated carbocycles. The Hall–Kier alpha value is -2.71. The molecule has 36 heavy (non-hydrogen) atoms. The first kappa shape index (κ1) is 23.7. The number of anilines is 1. The van der Waals surface area contributed by atoms with E-state index in [4.69, 9.17) is 16.7 Å². The molecule has 0 aliphatic heterocycles. The Morgan fingerprint density at radius 2 is 1.94 bits per heavy atom. The molecule has 0 spiro atoms. The zero-order valence-corrected chi connectivity index (χ0v) is 22.0. The lowest BCUT2D eigenvalue weighted by molar-refractivity contribution is -0.121. The van der Waals surface area contributed by atoms with Crippen molar-refractivity contribution in [3.05, 3.63) is 45.7 Å². The predicted molar refractivity (Wildman–Crippen MR) is 142 cm³/mol. The molecule has 2 N–H and O–H groups in total. The van der Waals surface area contributed by atoms with E-state index in [-0.39, 0.29) is 11.8 Å². The van der Waals surface area contributed by atoms with Gasteiger partial charge in [-0.1, -0.05) is 48.3 Å². The number of nitrogens with one attached hydrogen (secondary N) is 2. The van der Waals surface area contributed by atoms with Gasteiger partial charge in [0.25, 0.3) is 0 Å². The Kier molecular flexibility index (Phi) is 6.33. The highest BCUT2D eigenvalue weighted by Crippen LogP contribution is 2.48. The van der Waals surface area contributed by atoms with Crippen molar-refractivity contribution in [1.29, 1.82) is 0 Å². The average Bonchev–Trinajstić information content (AvgIpc) is 3.49. The Morgan fingerprint density at radius 1 is 1.14 bits per heavy atom. The maximum Gasteiger partial charge on any atom is 0.224 e. The van der Waals surface area contributed by atoms with Gasteiger partial charge in [0.1, 0.15) is 0 Å². The minimum absolute atomic E-state index is 0.0537. The molecule has 1 aromatic carbocycles. The quantitative estimate of drug-likeness (QED) is 0.441. The van der Waals surface area contributed by atoms with Crippen LogP contribution in [0.5, 0.6) is 0 Å². The molecule has 3 aliphatic carbocycles. The number of nitrogens with zero attached hydrogens (tertiary/aromatic N) is 3. The van der Waals surface area contributed by atoms with Gasteiger partial charge < -0.3 is 10.6 Å². The number of amides is 2. The van der Waals surface area contributed by atoms with Gasteiger partial charge in [-0.3, -0.25) is 9.59 Å². The van der Waals surface area contributed by atoms with Crippen LogP contribution in [-0.4, -0.2) is 32.6 Å². The van der Waals surface area contributed by atoms with Gasteiger partial charge in [0.05, 0.1) is 39.1 Å². The van der Waals surface area contributed by atoms with Crippen LogP contribution in [0.4, 0.5) is 5.13 Å². The second kappa shape index (κ2) is 9.63. The summed E-state index contributed by atoms with van der Waals surface area (Å²) in [6, 6.07) is 6.14. The molecule has 0 saturated heterocycles. The number of aromatic nitrogens is 3. The molecule has 2 heterocycles.